The van der Waals surface area contributed by atoms with Gasteiger partial charge in [0.05, 0.1) is 18.4 Å². The number of hydrogen-bond acceptors (Lipinski definition) is 5. The van der Waals surface area contributed by atoms with E-state index < -0.39 is 0 Å². The van der Waals surface area contributed by atoms with Gasteiger partial charge in [0.2, 0.25) is 0 Å². The van der Waals surface area contributed by atoms with Crippen molar-refractivity contribution in [3.05, 3.63) is 23.4 Å². The van der Waals surface area contributed by atoms with E-state index in [0.717, 1.165) is 38.4 Å². The number of ether oxygens (including phenoxy) is 2. The molecule has 0 amide bonds. The number of hydrogen-bond donors (Lipinski definition) is 1. The molecule has 2 heterocycles. The standard InChI is InChI=1S/C14H20N2O3/c1-10-12(14(17)18-2)3-4-13(16-10)15-9-11-5-7-19-8-6-11/h3-4,11H,5-9H2,1-2H3,(H,15,16). The molecule has 0 saturated carbocycles. The number of nitrogens with zero attached hydrogens (tertiary/aromatic N) is 1. The van der Waals surface area contributed by atoms with Gasteiger partial charge in [0.25, 0.3) is 0 Å². The molecular weight excluding hydrogens is 244 g/mol. The Kier molecular flexibility index (Phi) is 4.74. The zero-order valence-electron chi connectivity index (χ0n) is 11.4. The third-order valence-corrected chi connectivity index (χ3v) is 3.40. The Morgan fingerprint density at radius 3 is 2.84 bits per heavy atom. The summed E-state index contributed by atoms with van der Waals surface area (Å²) in [6, 6.07) is 3.57. The number of aromatic nitrogens is 1. The maximum absolute atomic E-state index is 11.5. The van der Waals surface area contributed by atoms with E-state index >= 15 is 0 Å². The van der Waals surface area contributed by atoms with Crippen molar-refractivity contribution in [1.29, 1.82) is 0 Å². The average molecular weight is 264 g/mol. The third kappa shape index (κ3) is 3.67. The smallest absolute Gasteiger partial charge is 0.339 e. The number of aryl methyl sites for hydroxylation is 1. The summed E-state index contributed by atoms with van der Waals surface area (Å²) in [5, 5.41) is 3.32. The molecule has 1 fully saturated rings. The Bertz CT molecular complexity index is 442. The zero-order valence-corrected chi connectivity index (χ0v) is 11.4. The first-order valence-corrected chi connectivity index (χ1v) is 6.58. The van der Waals surface area contributed by atoms with Crippen LogP contribution in [0.4, 0.5) is 5.82 Å². The van der Waals surface area contributed by atoms with Gasteiger partial charge in [-0.15, -0.1) is 0 Å². The molecule has 1 saturated heterocycles. The molecule has 5 heteroatoms. The molecule has 2 rings (SSSR count). The fourth-order valence-electron chi connectivity index (χ4n) is 2.18. The first-order chi connectivity index (χ1) is 9.20. The summed E-state index contributed by atoms with van der Waals surface area (Å²) in [5.74, 6) is 1.09. The molecule has 1 aromatic heterocycles. The quantitative estimate of drug-likeness (QED) is 0.843. The van der Waals surface area contributed by atoms with Crippen LogP contribution < -0.4 is 5.32 Å². The maximum Gasteiger partial charge on any atom is 0.339 e. The highest BCUT2D eigenvalue weighted by Gasteiger charge is 2.14. The number of carbonyl (C=O) groups excluding carboxylic acids is 1. The fraction of sp³-hybridized carbons (Fsp3) is 0.571. The highest BCUT2D eigenvalue weighted by Crippen LogP contribution is 2.16. The molecule has 0 radical (unpaired) electrons. The number of pyridine rings is 1. The Morgan fingerprint density at radius 1 is 1.47 bits per heavy atom. The lowest BCUT2D eigenvalue weighted by atomic mass is 10.0. The van der Waals surface area contributed by atoms with Gasteiger partial charge in [0, 0.05) is 19.8 Å². The largest absolute Gasteiger partial charge is 0.465 e. The van der Waals surface area contributed by atoms with Gasteiger partial charge in [-0.05, 0) is 37.8 Å². The van der Waals surface area contributed by atoms with Crippen molar-refractivity contribution in [2.45, 2.75) is 19.8 Å². The second kappa shape index (κ2) is 6.52. The van der Waals surface area contributed by atoms with Crippen LogP contribution in [0.15, 0.2) is 12.1 Å². The van der Waals surface area contributed by atoms with Crippen LogP contribution in [-0.2, 0) is 9.47 Å². The second-order valence-electron chi connectivity index (χ2n) is 4.76. The summed E-state index contributed by atoms with van der Waals surface area (Å²) in [6.45, 7) is 4.40. The lowest BCUT2D eigenvalue weighted by molar-refractivity contribution is 0.0599. The SMILES string of the molecule is COC(=O)c1ccc(NCC2CCOCC2)nc1C. The lowest BCUT2D eigenvalue weighted by Crippen LogP contribution is -2.23. The molecule has 104 valence electrons. The van der Waals surface area contributed by atoms with Crippen molar-refractivity contribution in [2.75, 3.05) is 32.2 Å². The van der Waals surface area contributed by atoms with E-state index in [0.29, 0.717) is 17.2 Å². The van der Waals surface area contributed by atoms with Crippen LogP contribution in [0.5, 0.6) is 0 Å². The van der Waals surface area contributed by atoms with Crippen LogP contribution in [0.2, 0.25) is 0 Å². The van der Waals surface area contributed by atoms with Crippen molar-refractivity contribution in [3.8, 4) is 0 Å². The number of esters is 1. The zero-order chi connectivity index (χ0) is 13.7. The van der Waals surface area contributed by atoms with Crippen molar-refractivity contribution in [2.24, 2.45) is 5.92 Å². The third-order valence-electron chi connectivity index (χ3n) is 3.40. The van der Waals surface area contributed by atoms with Crippen molar-refractivity contribution >= 4 is 11.8 Å². The first kappa shape index (κ1) is 13.8. The Labute approximate surface area is 113 Å². The van der Waals surface area contributed by atoms with Crippen LogP contribution in [0.3, 0.4) is 0 Å². The molecule has 19 heavy (non-hydrogen) atoms. The summed E-state index contributed by atoms with van der Waals surface area (Å²) in [6.07, 6.45) is 2.18. The molecule has 1 N–H and O–H groups in total. The van der Waals surface area contributed by atoms with Crippen LogP contribution in [0, 0.1) is 12.8 Å². The predicted molar refractivity (Wildman–Crippen MR) is 72.3 cm³/mol. The summed E-state index contributed by atoms with van der Waals surface area (Å²) in [7, 11) is 1.37. The summed E-state index contributed by atoms with van der Waals surface area (Å²) < 4.78 is 10.0. The molecular formula is C14H20N2O3. The van der Waals surface area contributed by atoms with E-state index in [1.165, 1.54) is 7.11 Å². The van der Waals surface area contributed by atoms with Gasteiger partial charge < -0.3 is 14.8 Å². The van der Waals surface area contributed by atoms with E-state index in [9.17, 15) is 4.79 Å². The van der Waals surface area contributed by atoms with E-state index in [1.54, 1.807) is 6.07 Å². The van der Waals surface area contributed by atoms with Crippen molar-refractivity contribution in [3.63, 3.8) is 0 Å². The first-order valence-electron chi connectivity index (χ1n) is 6.58. The van der Waals surface area contributed by atoms with Gasteiger partial charge in [-0.25, -0.2) is 9.78 Å². The lowest BCUT2D eigenvalue weighted by Gasteiger charge is -2.22. The Hall–Kier alpha value is -1.62. The Morgan fingerprint density at radius 2 is 2.21 bits per heavy atom. The molecule has 0 aromatic carbocycles. The summed E-state index contributed by atoms with van der Waals surface area (Å²) in [4.78, 5) is 15.8. The topological polar surface area (TPSA) is 60.5 Å². The molecule has 0 aliphatic carbocycles. The number of anilines is 1. The van der Waals surface area contributed by atoms with Gasteiger partial charge in [-0.1, -0.05) is 0 Å². The van der Waals surface area contributed by atoms with E-state index in [-0.39, 0.29) is 5.97 Å². The van der Waals surface area contributed by atoms with Crippen molar-refractivity contribution < 1.29 is 14.3 Å². The van der Waals surface area contributed by atoms with Crippen LogP contribution in [0.1, 0.15) is 28.9 Å². The van der Waals surface area contributed by atoms with Crippen LogP contribution >= 0.6 is 0 Å². The summed E-state index contributed by atoms with van der Waals surface area (Å²) >= 11 is 0. The number of methoxy groups -OCH3 is 1. The number of carbonyl (C=O) groups is 1. The normalized spacial score (nSPS) is 16.1. The van der Waals surface area contributed by atoms with Gasteiger partial charge in [0.15, 0.2) is 0 Å². The molecule has 1 aromatic rings. The monoisotopic (exact) mass is 264 g/mol. The summed E-state index contributed by atoms with van der Waals surface area (Å²) in [5.41, 5.74) is 1.20. The number of nitrogens with one attached hydrogen (secondary N) is 1. The van der Waals surface area contributed by atoms with Gasteiger partial charge in [-0.3, -0.25) is 0 Å². The minimum atomic E-state index is -0.346. The number of rotatable bonds is 4. The molecule has 5 nitrogen and oxygen atoms in total. The highest BCUT2D eigenvalue weighted by molar-refractivity contribution is 5.90. The van der Waals surface area contributed by atoms with E-state index in [4.69, 9.17) is 9.47 Å². The van der Waals surface area contributed by atoms with Gasteiger partial charge in [-0.2, -0.15) is 0 Å². The van der Waals surface area contributed by atoms with Crippen molar-refractivity contribution in [1.82, 2.24) is 4.98 Å². The van der Waals surface area contributed by atoms with Gasteiger partial charge in [0.1, 0.15) is 5.82 Å². The second-order valence-corrected chi connectivity index (χ2v) is 4.76. The fourth-order valence-corrected chi connectivity index (χ4v) is 2.18. The molecule has 0 unspecified atom stereocenters. The minimum Gasteiger partial charge on any atom is -0.465 e. The maximum atomic E-state index is 11.5. The van der Waals surface area contributed by atoms with E-state index in [2.05, 4.69) is 10.3 Å². The molecule has 1 aliphatic heterocycles. The van der Waals surface area contributed by atoms with E-state index in [1.807, 2.05) is 13.0 Å². The molecule has 0 atom stereocenters. The highest BCUT2D eigenvalue weighted by atomic mass is 16.5. The minimum absolute atomic E-state index is 0.346. The van der Waals surface area contributed by atoms with Gasteiger partial charge >= 0.3 is 5.97 Å². The molecule has 1 aliphatic rings. The molecule has 0 spiro atoms. The predicted octanol–water partition coefficient (Wildman–Crippen LogP) is 2.02. The molecule has 0 bridgehead atoms. The van der Waals surface area contributed by atoms with Crippen LogP contribution in [0.25, 0.3) is 0 Å². The average Bonchev–Trinajstić information content (AvgIpc) is 2.45. The van der Waals surface area contributed by atoms with Crippen LogP contribution in [-0.4, -0.2) is 37.8 Å². The Balaban J connectivity index is 1.94.